The van der Waals surface area contributed by atoms with Gasteiger partial charge in [-0.25, -0.2) is 4.98 Å². The third-order valence-corrected chi connectivity index (χ3v) is 1.82. The molecular weight excluding hydrogens is 158 g/mol. The maximum absolute atomic E-state index is 5.57. The van der Waals surface area contributed by atoms with E-state index in [0.717, 1.165) is 0 Å². The predicted octanol–water partition coefficient (Wildman–Crippen LogP) is 1.51. The maximum atomic E-state index is 5.57. The van der Waals surface area contributed by atoms with Gasteiger partial charge in [0, 0.05) is 0 Å². The van der Waals surface area contributed by atoms with Crippen molar-refractivity contribution in [3.05, 3.63) is 24.4 Å². The van der Waals surface area contributed by atoms with Crippen LogP contribution in [-0.2, 0) is 0 Å². The number of thiazole rings is 1. The van der Waals surface area contributed by atoms with E-state index in [-0.39, 0.29) is 0 Å². The second-order valence-electron chi connectivity index (χ2n) is 1.90. The van der Waals surface area contributed by atoms with E-state index in [1.165, 1.54) is 11.3 Å². The average Bonchev–Trinajstić information content (AvgIpc) is 2.26. The van der Waals surface area contributed by atoms with Gasteiger partial charge in [-0.15, -0.1) is 0 Å². The average molecular weight is 167 g/mol. The van der Waals surface area contributed by atoms with Gasteiger partial charge in [0.1, 0.15) is 5.00 Å². The number of nitrogens with zero attached hydrogens (tertiary/aromatic N) is 1. The van der Waals surface area contributed by atoms with Gasteiger partial charge < -0.3 is 11.5 Å². The van der Waals surface area contributed by atoms with Gasteiger partial charge in [0.25, 0.3) is 0 Å². The molecule has 0 aliphatic heterocycles. The molecule has 11 heavy (non-hydrogen) atoms. The lowest BCUT2D eigenvalue weighted by molar-refractivity contribution is 1.39. The number of nitrogen functional groups attached to an aromatic ring is 2. The highest BCUT2D eigenvalue weighted by Crippen LogP contribution is 2.23. The van der Waals surface area contributed by atoms with E-state index in [4.69, 9.17) is 11.5 Å². The molecule has 58 valence electrons. The van der Waals surface area contributed by atoms with Gasteiger partial charge in [0.2, 0.25) is 0 Å². The van der Waals surface area contributed by atoms with Crippen LogP contribution in [0.3, 0.4) is 0 Å². The van der Waals surface area contributed by atoms with Gasteiger partial charge in [0.05, 0.1) is 5.69 Å². The van der Waals surface area contributed by atoms with Crippen molar-refractivity contribution in [2.45, 2.75) is 0 Å². The number of hydrogen-bond donors (Lipinski definition) is 2. The van der Waals surface area contributed by atoms with Crippen LogP contribution in [0.5, 0.6) is 0 Å². The van der Waals surface area contributed by atoms with E-state index in [1.807, 2.05) is 0 Å². The zero-order valence-corrected chi connectivity index (χ0v) is 6.77. The summed E-state index contributed by atoms with van der Waals surface area (Å²) in [4.78, 5) is 3.98. The van der Waals surface area contributed by atoms with Crippen LogP contribution >= 0.6 is 11.3 Å². The molecule has 0 atom stereocenters. The van der Waals surface area contributed by atoms with Crippen LogP contribution in [0, 0.1) is 0 Å². The first kappa shape index (κ1) is 7.81. The van der Waals surface area contributed by atoms with Crippen molar-refractivity contribution < 1.29 is 0 Å². The highest BCUT2D eigenvalue weighted by atomic mass is 32.1. The molecule has 3 nitrogen and oxygen atoms in total. The minimum atomic E-state index is 0.492. The Kier molecular flexibility index (Phi) is 2.28. The number of rotatable bonds is 2. The molecule has 4 N–H and O–H groups in total. The molecule has 1 rings (SSSR count). The molecule has 0 aromatic carbocycles. The molecular formula is C7H9N3S. The molecule has 0 fully saturated rings. The first-order valence-electron chi connectivity index (χ1n) is 3.05. The molecule has 0 saturated carbocycles. The molecule has 0 saturated heterocycles. The molecule has 0 amide bonds. The molecule has 0 aliphatic carbocycles. The summed E-state index contributed by atoms with van der Waals surface area (Å²) in [6.45, 7) is 3.53. The van der Waals surface area contributed by atoms with Crippen molar-refractivity contribution in [1.82, 2.24) is 4.98 Å². The van der Waals surface area contributed by atoms with Gasteiger partial charge in [0.15, 0.2) is 5.13 Å². The summed E-state index contributed by atoms with van der Waals surface area (Å²) in [5.74, 6) is 0. The molecule has 0 bridgehead atoms. The van der Waals surface area contributed by atoms with Crippen LogP contribution in [0.4, 0.5) is 10.1 Å². The lowest BCUT2D eigenvalue weighted by Crippen LogP contribution is -1.83. The lowest BCUT2D eigenvalue weighted by Gasteiger charge is -1.83. The Morgan fingerprint density at radius 1 is 1.45 bits per heavy atom. The molecule has 0 spiro atoms. The SMILES string of the molecule is C=C/C=C\c1nc(N)sc1N. The lowest BCUT2D eigenvalue weighted by atomic mass is 10.4. The molecule has 1 heterocycles. The number of nitrogens with two attached hydrogens (primary N) is 2. The summed E-state index contributed by atoms with van der Waals surface area (Å²) in [6.07, 6.45) is 5.20. The third-order valence-electron chi connectivity index (χ3n) is 1.09. The fourth-order valence-corrected chi connectivity index (χ4v) is 1.23. The predicted molar refractivity (Wildman–Crippen MR) is 50.2 cm³/mol. The van der Waals surface area contributed by atoms with Gasteiger partial charge in [-0.3, -0.25) is 0 Å². The Morgan fingerprint density at radius 3 is 2.64 bits per heavy atom. The van der Waals surface area contributed by atoms with E-state index in [2.05, 4.69) is 11.6 Å². The number of allylic oxidation sites excluding steroid dienone is 2. The maximum Gasteiger partial charge on any atom is 0.182 e. The summed E-state index contributed by atoms with van der Waals surface area (Å²) in [5, 5.41) is 1.13. The zero-order valence-electron chi connectivity index (χ0n) is 5.95. The van der Waals surface area contributed by atoms with Gasteiger partial charge in [-0.2, -0.15) is 0 Å². The fourth-order valence-electron chi connectivity index (χ4n) is 0.640. The zero-order chi connectivity index (χ0) is 8.27. The molecule has 0 aliphatic rings. The standard InChI is InChI=1S/C7H9N3S/c1-2-3-4-5-6(8)11-7(9)10-5/h2-4H,1,8H2,(H2,9,10)/b4-3-. The first-order valence-corrected chi connectivity index (χ1v) is 3.86. The van der Waals surface area contributed by atoms with E-state index in [1.54, 1.807) is 18.2 Å². The Bertz CT molecular complexity index is 288. The van der Waals surface area contributed by atoms with E-state index >= 15 is 0 Å². The van der Waals surface area contributed by atoms with Gasteiger partial charge >= 0.3 is 0 Å². The number of anilines is 2. The van der Waals surface area contributed by atoms with Crippen molar-refractivity contribution in [3.8, 4) is 0 Å². The second-order valence-corrected chi connectivity index (χ2v) is 2.96. The van der Waals surface area contributed by atoms with Gasteiger partial charge in [-0.1, -0.05) is 30.1 Å². The second kappa shape index (κ2) is 3.21. The van der Waals surface area contributed by atoms with Crippen LogP contribution in [-0.4, -0.2) is 4.98 Å². The van der Waals surface area contributed by atoms with Crippen molar-refractivity contribution >= 4 is 27.5 Å². The monoisotopic (exact) mass is 167 g/mol. The topological polar surface area (TPSA) is 64.9 Å². The van der Waals surface area contributed by atoms with Crippen LogP contribution in [0.2, 0.25) is 0 Å². The number of aromatic nitrogens is 1. The Hall–Kier alpha value is -1.29. The Morgan fingerprint density at radius 2 is 2.18 bits per heavy atom. The summed E-state index contributed by atoms with van der Waals surface area (Å²) in [7, 11) is 0. The normalized spacial score (nSPS) is 10.5. The minimum Gasteiger partial charge on any atom is -0.389 e. The molecule has 0 radical (unpaired) electrons. The van der Waals surface area contributed by atoms with E-state index in [0.29, 0.717) is 15.8 Å². The number of hydrogen-bond acceptors (Lipinski definition) is 4. The third kappa shape index (κ3) is 1.81. The van der Waals surface area contributed by atoms with Crippen LogP contribution < -0.4 is 11.5 Å². The molecule has 0 unspecified atom stereocenters. The van der Waals surface area contributed by atoms with Crippen LogP contribution in [0.25, 0.3) is 6.08 Å². The molecule has 4 heteroatoms. The van der Waals surface area contributed by atoms with E-state index < -0.39 is 0 Å². The van der Waals surface area contributed by atoms with Crippen molar-refractivity contribution in [2.24, 2.45) is 0 Å². The van der Waals surface area contributed by atoms with Crippen LogP contribution in [0.1, 0.15) is 5.69 Å². The summed E-state index contributed by atoms with van der Waals surface area (Å²) >= 11 is 1.28. The van der Waals surface area contributed by atoms with Crippen molar-refractivity contribution in [3.63, 3.8) is 0 Å². The highest BCUT2D eigenvalue weighted by molar-refractivity contribution is 7.19. The highest BCUT2D eigenvalue weighted by Gasteiger charge is 2.00. The minimum absolute atomic E-state index is 0.492. The van der Waals surface area contributed by atoms with E-state index in [9.17, 15) is 0 Å². The van der Waals surface area contributed by atoms with Crippen molar-refractivity contribution in [1.29, 1.82) is 0 Å². The van der Waals surface area contributed by atoms with Crippen LogP contribution in [0.15, 0.2) is 18.7 Å². The molecule has 1 aromatic rings. The summed E-state index contributed by atoms with van der Waals surface area (Å²) in [5.41, 5.74) is 11.7. The smallest absolute Gasteiger partial charge is 0.182 e. The quantitative estimate of drug-likeness (QED) is 0.656. The summed E-state index contributed by atoms with van der Waals surface area (Å²) in [6, 6.07) is 0. The van der Waals surface area contributed by atoms with Gasteiger partial charge in [-0.05, 0) is 6.08 Å². The Balaban J connectivity index is 2.93. The van der Waals surface area contributed by atoms with Crippen molar-refractivity contribution in [2.75, 3.05) is 11.5 Å². The summed E-state index contributed by atoms with van der Waals surface area (Å²) < 4.78 is 0. The first-order chi connectivity index (χ1) is 5.24. The Labute approximate surface area is 69.1 Å². The fraction of sp³-hybridized carbons (Fsp3) is 0. The molecule has 1 aromatic heterocycles. The largest absolute Gasteiger partial charge is 0.389 e.